The number of nitrogens with one attached hydrogen (secondary N) is 1. The Labute approximate surface area is 178 Å². The highest BCUT2D eigenvalue weighted by atomic mass is 16.6. The van der Waals surface area contributed by atoms with Crippen LogP contribution in [0.25, 0.3) is 5.57 Å². The topological polar surface area (TPSA) is 105 Å². The average molecular weight is 414 g/mol. The number of aromatic nitrogens is 1. The third-order valence-electron chi connectivity index (χ3n) is 4.87. The second-order valence-corrected chi connectivity index (χ2v) is 7.07. The molecule has 1 N–H and O–H groups in total. The van der Waals surface area contributed by atoms with E-state index < -0.39 is 16.7 Å². The first kappa shape index (κ1) is 20.0. The van der Waals surface area contributed by atoms with Gasteiger partial charge in [-0.15, -0.1) is 0 Å². The zero-order chi connectivity index (χ0) is 22.0. The average Bonchev–Trinajstić information content (AvgIpc) is 2.99. The molecule has 0 saturated carbocycles. The van der Waals surface area contributed by atoms with Gasteiger partial charge in [0, 0.05) is 24.0 Å². The zero-order valence-corrected chi connectivity index (χ0v) is 16.6. The Morgan fingerprint density at radius 1 is 1.00 bits per heavy atom. The van der Waals surface area contributed by atoms with Crippen LogP contribution in [0.15, 0.2) is 78.6 Å². The summed E-state index contributed by atoms with van der Waals surface area (Å²) in [5.41, 5.74) is 2.84. The number of anilines is 1. The van der Waals surface area contributed by atoms with Gasteiger partial charge in [-0.25, -0.2) is 0 Å². The van der Waals surface area contributed by atoms with E-state index >= 15 is 0 Å². The molecule has 2 heterocycles. The predicted octanol–water partition coefficient (Wildman–Crippen LogP) is 3.69. The first-order valence-electron chi connectivity index (χ1n) is 9.53. The van der Waals surface area contributed by atoms with Gasteiger partial charge in [0.1, 0.15) is 5.70 Å². The molecule has 154 valence electrons. The summed E-state index contributed by atoms with van der Waals surface area (Å²) < 4.78 is 0. The largest absolute Gasteiger partial charge is 0.350 e. The van der Waals surface area contributed by atoms with Gasteiger partial charge in [-0.3, -0.25) is 29.6 Å². The van der Waals surface area contributed by atoms with Gasteiger partial charge in [-0.1, -0.05) is 18.2 Å². The smallest absolute Gasteiger partial charge is 0.278 e. The van der Waals surface area contributed by atoms with Crippen LogP contribution in [0.2, 0.25) is 0 Å². The number of aryl methyl sites for hydroxylation is 1. The Hall–Kier alpha value is -4.33. The van der Waals surface area contributed by atoms with E-state index in [1.807, 2.05) is 25.1 Å². The number of rotatable bonds is 6. The molecule has 0 unspecified atom stereocenters. The second kappa shape index (κ2) is 8.19. The molecule has 2 amide bonds. The number of carbonyl (C=O) groups is 2. The van der Waals surface area contributed by atoms with Crippen LogP contribution < -0.4 is 5.32 Å². The normalized spacial score (nSPS) is 13.6. The van der Waals surface area contributed by atoms with Crippen molar-refractivity contribution in [3.63, 3.8) is 0 Å². The molecule has 3 aromatic rings. The standard InChI is InChI=1S/C23H18N4O4/c1-15-5-4-7-17(13-15)25-21-20(16-8-10-19(11-9-16)27(30)31)22(28)26(23(21)29)14-18-6-2-3-12-24-18/h2-13,25H,14H2,1H3. The lowest BCUT2D eigenvalue weighted by atomic mass is 10.0. The highest BCUT2D eigenvalue weighted by molar-refractivity contribution is 6.36. The molecule has 1 aliphatic heterocycles. The molecule has 8 heteroatoms. The van der Waals surface area contributed by atoms with E-state index in [1.54, 1.807) is 30.5 Å². The van der Waals surface area contributed by atoms with Crippen molar-refractivity contribution < 1.29 is 14.5 Å². The van der Waals surface area contributed by atoms with Crippen molar-refractivity contribution >= 4 is 28.8 Å². The minimum absolute atomic E-state index is 0.0218. The summed E-state index contributed by atoms with van der Waals surface area (Å²) in [6.45, 7) is 1.94. The maximum atomic E-state index is 13.3. The van der Waals surface area contributed by atoms with Crippen LogP contribution in [0.5, 0.6) is 0 Å². The molecule has 8 nitrogen and oxygen atoms in total. The van der Waals surface area contributed by atoms with E-state index in [0.717, 1.165) is 10.5 Å². The van der Waals surface area contributed by atoms with Gasteiger partial charge in [0.25, 0.3) is 17.5 Å². The Morgan fingerprint density at radius 2 is 1.77 bits per heavy atom. The molecule has 0 saturated heterocycles. The number of benzene rings is 2. The second-order valence-electron chi connectivity index (χ2n) is 7.07. The quantitative estimate of drug-likeness (QED) is 0.375. The van der Waals surface area contributed by atoms with E-state index in [2.05, 4.69) is 10.3 Å². The summed E-state index contributed by atoms with van der Waals surface area (Å²) >= 11 is 0. The van der Waals surface area contributed by atoms with Crippen molar-refractivity contribution in [2.45, 2.75) is 13.5 Å². The first-order valence-corrected chi connectivity index (χ1v) is 9.53. The molecule has 1 aromatic heterocycles. The Balaban J connectivity index is 1.75. The van der Waals surface area contributed by atoms with Crippen LogP contribution in [-0.4, -0.2) is 26.6 Å². The van der Waals surface area contributed by atoms with E-state index in [1.165, 1.54) is 24.3 Å². The molecule has 0 bridgehead atoms. The first-order chi connectivity index (χ1) is 14.9. The molecule has 0 aliphatic carbocycles. The highest BCUT2D eigenvalue weighted by Gasteiger charge is 2.39. The number of nitro groups is 1. The van der Waals surface area contributed by atoms with Crippen LogP contribution in [-0.2, 0) is 16.1 Å². The zero-order valence-electron chi connectivity index (χ0n) is 16.6. The third kappa shape index (κ3) is 4.04. The van der Waals surface area contributed by atoms with E-state index in [-0.39, 0.29) is 23.5 Å². The van der Waals surface area contributed by atoms with E-state index in [9.17, 15) is 19.7 Å². The van der Waals surface area contributed by atoms with Gasteiger partial charge in [-0.05, 0) is 54.4 Å². The van der Waals surface area contributed by atoms with E-state index in [4.69, 9.17) is 0 Å². The molecule has 0 radical (unpaired) electrons. The van der Waals surface area contributed by atoms with Gasteiger partial charge in [0.2, 0.25) is 0 Å². The minimum Gasteiger partial charge on any atom is -0.350 e. The van der Waals surface area contributed by atoms with Gasteiger partial charge in [-0.2, -0.15) is 0 Å². The van der Waals surface area contributed by atoms with Gasteiger partial charge in [0.05, 0.1) is 22.7 Å². The van der Waals surface area contributed by atoms with Gasteiger partial charge >= 0.3 is 0 Å². The fraction of sp³-hybridized carbons (Fsp3) is 0.0870. The van der Waals surface area contributed by atoms with Crippen molar-refractivity contribution in [1.29, 1.82) is 0 Å². The van der Waals surface area contributed by atoms with Crippen LogP contribution in [0.4, 0.5) is 11.4 Å². The lowest BCUT2D eigenvalue weighted by Crippen LogP contribution is -2.32. The molecule has 0 atom stereocenters. The van der Waals surface area contributed by atoms with Crippen molar-refractivity contribution in [3.05, 3.63) is 106 Å². The molecular weight excluding hydrogens is 396 g/mol. The Kier molecular flexibility index (Phi) is 5.28. The minimum atomic E-state index is -0.515. The summed E-state index contributed by atoms with van der Waals surface area (Å²) in [4.78, 5) is 42.3. The molecule has 4 rings (SSSR count). The molecular formula is C23H18N4O4. The number of hydrogen-bond acceptors (Lipinski definition) is 6. The van der Waals surface area contributed by atoms with Crippen LogP contribution in [0.3, 0.4) is 0 Å². The summed E-state index contributed by atoms with van der Waals surface area (Å²) in [6, 6.07) is 18.3. The number of pyridine rings is 1. The van der Waals surface area contributed by atoms with Crippen LogP contribution >= 0.6 is 0 Å². The molecule has 1 aliphatic rings. The number of nitrogens with zero attached hydrogens (tertiary/aromatic N) is 3. The van der Waals surface area contributed by atoms with Crippen molar-refractivity contribution in [3.8, 4) is 0 Å². The molecule has 2 aromatic carbocycles. The molecule has 0 fully saturated rings. The van der Waals surface area contributed by atoms with Gasteiger partial charge in [0.15, 0.2) is 0 Å². The summed E-state index contributed by atoms with van der Waals surface area (Å²) in [5, 5.41) is 14.1. The van der Waals surface area contributed by atoms with E-state index in [0.29, 0.717) is 16.9 Å². The molecule has 0 spiro atoms. The molecule has 31 heavy (non-hydrogen) atoms. The summed E-state index contributed by atoms with van der Waals surface area (Å²) in [7, 11) is 0. The van der Waals surface area contributed by atoms with Crippen LogP contribution in [0, 0.1) is 17.0 Å². The summed E-state index contributed by atoms with van der Waals surface area (Å²) in [6.07, 6.45) is 1.59. The lowest BCUT2D eigenvalue weighted by Gasteiger charge is -2.14. The SMILES string of the molecule is Cc1cccc(NC2=C(c3ccc([N+](=O)[O-])cc3)C(=O)N(Cc3ccccn3)C2=O)c1. The number of amides is 2. The fourth-order valence-electron chi connectivity index (χ4n) is 3.37. The maximum Gasteiger partial charge on any atom is 0.278 e. The van der Waals surface area contributed by atoms with Crippen molar-refractivity contribution in [2.24, 2.45) is 0 Å². The number of imide groups is 1. The van der Waals surface area contributed by atoms with Gasteiger partial charge < -0.3 is 5.32 Å². The maximum absolute atomic E-state index is 13.3. The number of hydrogen-bond donors (Lipinski definition) is 1. The monoisotopic (exact) mass is 414 g/mol. The number of carbonyl (C=O) groups excluding carboxylic acids is 2. The Bertz CT molecular complexity index is 1200. The van der Waals surface area contributed by atoms with Crippen LogP contribution in [0.1, 0.15) is 16.8 Å². The number of non-ortho nitro benzene ring substituents is 1. The third-order valence-corrected chi connectivity index (χ3v) is 4.87. The Morgan fingerprint density at radius 3 is 2.42 bits per heavy atom. The van der Waals surface area contributed by atoms with Crippen molar-refractivity contribution in [1.82, 2.24) is 9.88 Å². The summed E-state index contributed by atoms with van der Waals surface area (Å²) in [5.74, 6) is -0.967. The predicted molar refractivity (Wildman–Crippen MR) is 115 cm³/mol. The fourth-order valence-corrected chi connectivity index (χ4v) is 3.37. The van der Waals surface area contributed by atoms with Crippen molar-refractivity contribution in [2.75, 3.05) is 5.32 Å². The lowest BCUT2D eigenvalue weighted by molar-refractivity contribution is -0.384. The number of nitro benzene ring substituents is 1. The highest BCUT2D eigenvalue weighted by Crippen LogP contribution is 2.32.